The van der Waals surface area contributed by atoms with E-state index in [-0.39, 0.29) is 6.61 Å². The number of nitrogens with one attached hydrogen (secondary N) is 2. The van der Waals surface area contributed by atoms with Crippen molar-refractivity contribution >= 4 is 18.2 Å². The van der Waals surface area contributed by atoms with Gasteiger partial charge < -0.3 is 4.74 Å². The van der Waals surface area contributed by atoms with E-state index in [1.807, 2.05) is 44.2 Å². The Kier molecular flexibility index (Phi) is 5.74. The molecule has 0 unspecified atom stereocenters. The van der Waals surface area contributed by atoms with Crippen molar-refractivity contribution in [2.45, 2.75) is 26.5 Å². The summed E-state index contributed by atoms with van der Waals surface area (Å²) in [4.78, 5) is 11.2. The molecule has 0 saturated carbocycles. The minimum absolute atomic E-state index is 0.287. The van der Waals surface area contributed by atoms with Crippen LogP contribution in [0.2, 0.25) is 0 Å². The molecule has 0 fully saturated rings. The summed E-state index contributed by atoms with van der Waals surface area (Å²) in [5, 5.41) is 0. The average molecular weight is 240 g/mol. The standard InChI is InChI=1S/C11H16N2O2S/c1-9(2)12-16-13-11(14)15-8-10-6-4-3-5-7-10/h3-7,9,12H,8H2,1-2H3,(H,13,14). The van der Waals surface area contributed by atoms with Crippen LogP contribution in [0.1, 0.15) is 19.4 Å². The van der Waals surface area contributed by atoms with Gasteiger partial charge in [0.2, 0.25) is 0 Å². The van der Waals surface area contributed by atoms with E-state index in [1.54, 1.807) is 0 Å². The Morgan fingerprint density at radius 3 is 2.69 bits per heavy atom. The van der Waals surface area contributed by atoms with Gasteiger partial charge in [-0.2, -0.15) is 0 Å². The number of benzene rings is 1. The smallest absolute Gasteiger partial charge is 0.418 e. The quantitative estimate of drug-likeness (QED) is 0.776. The number of ether oxygens (including phenoxy) is 1. The van der Waals surface area contributed by atoms with Crippen LogP contribution in [0, 0.1) is 0 Å². The van der Waals surface area contributed by atoms with E-state index in [4.69, 9.17) is 4.74 Å². The maximum Gasteiger partial charge on any atom is 0.418 e. The van der Waals surface area contributed by atoms with Gasteiger partial charge in [-0.1, -0.05) is 30.3 Å². The van der Waals surface area contributed by atoms with Crippen molar-refractivity contribution in [3.05, 3.63) is 35.9 Å². The van der Waals surface area contributed by atoms with Crippen LogP contribution in [0.4, 0.5) is 4.79 Å². The van der Waals surface area contributed by atoms with Gasteiger partial charge in [0.1, 0.15) is 6.61 Å². The SMILES string of the molecule is CC(C)NSNC(=O)OCc1ccccc1. The van der Waals surface area contributed by atoms with Crippen molar-refractivity contribution in [1.29, 1.82) is 0 Å². The first-order valence-electron chi connectivity index (χ1n) is 5.06. The summed E-state index contributed by atoms with van der Waals surface area (Å²) < 4.78 is 10.5. The summed E-state index contributed by atoms with van der Waals surface area (Å²) in [6.07, 6.45) is -0.443. The Labute approximate surface area is 100 Å². The minimum atomic E-state index is -0.443. The summed E-state index contributed by atoms with van der Waals surface area (Å²) in [5.74, 6) is 0. The van der Waals surface area contributed by atoms with Crippen LogP contribution in [0.5, 0.6) is 0 Å². The molecule has 0 aliphatic carbocycles. The lowest BCUT2D eigenvalue weighted by molar-refractivity contribution is 0.146. The fourth-order valence-electron chi connectivity index (χ4n) is 0.942. The van der Waals surface area contributed by atoms with Crippen molar-refractivity contribution in [2.24, 2.45) is 0 Å². The molecule has 0 spiro atoms. The van der Waals surface area contributed by atoms with Crippen LogP contribution in [0.3, 0.4) is 0 Å². The molecule has 0 radical (unpaired) electrons. The molecule has 16 heavy (non-hydrogen) atoms. The normalized spacial score (nSPS) is 10.2. The molecule has 0 aliphatic rings. The van der Waals surface area contributed by atoms with Crippen molar-refractivity contribution in [1.82, 2.24) is 9.44 Å². The third kappa shape index (κ3) is 5.63. The lowest BCUT2D eigenvalue weighted by Crippen LogP contribution is -2.25. The third-order valence-electron chi connectivity index (χ3n) is 1.64. The van der Waals surface area contributed by atoms with E-state index in [0.29, 0.717) is 6.04 Å². The van der Waals surface area contributed by atoms with Crippen LogP contribution in [-0.4, -0.2) is 12.1 Å². The van der Waals surface area contributed by atoms with Gasteiger partial charge >= 0.3 is 6.09 Å². The minimum Gasteiger partial charge on any atom is -0.444 e. The number of carbonyl (C=O) groups excluding carboxylic acids is 1. The maximum atomic E-state index is 11.2. The highest BCUT2D eigenvalue weighted by Gasteiger charge is 2.02. The van der Waals surface area contributed by atoms with Crippen LogP contribution in [0.15, 0.2) is 30.3 Å². The topological polar surface area (TPSA) is 50.4 Å². The van der Waals surface area contributed by atoms with Crippen LogP contribution >= 0.6 is 12.1 Å². The molecule has 0 atom stereocenters. The molecule has 2 N–H and O–H groups in total. The average Bonchev–Trinajstić information content (AvgIpc) is 2.27. The fraction of sp³-hybridized carbons (Fsp3) is 0.364. The van der Waals surface area contributed by atoms with Crippen molar-refractivity contribution < 1.29 is 9.53 Å². The summed E-state index contributed by atoms with van der Waals surface area (Å²) in [6, 6.07) is 9.86. The second-order valence-electron chi connectivity index (χ2n) is 3.54. The molecular weight excluding hydrogens is 224 g/mol. The Bertz CT molecular complexity index is 317. The van der Waals surface area contributed by atoms with Gasteiger partial charge in [-0.3, -0.25) is 4.72 Å². The molecule has 88 valence electrons. The molecule has 0 aromatic heterocycles. The lowest BCUT2D eigenvalue weighted by Gasteiger charge is -2.08. The number of hydrogen-bond acceptors (Lipinski definition) is 4. The zero-order valence-electron chi connectivity index (χ0n) is 9.40. The third-order valence-corrected chi connectivity index (χ3v) is 2.50. The van der Waals surface area contributed by atoms with E-state index in [1.165, 1.54) is 0 Å². The zero-order chi connectivity index (χ0) is 11.8. The molecular formula is C11H16N2O2S. The highest BCUT2D eigenvalue weighted by molar-refractivity contribution is 7.96. The molecule has 1 aromatic rings. The molecule has 5 heteroatoms. The van der Waals surface area contributed by atoms with Gasteiger partial charge in [-0.25, -0.2) is 9.52 Å². The second-order valence-corrected chi connectivity index (χ2v) is 4.18. The highest BCUT2D eigenvalue weighted by Crippen LogP contribution is 2.01. The van der Waals surface area contributed by atoms with Crippen LogP contribution < -0.4 is 9.44 Å². The number of carbonyl (C=O) groups is 1. The van der Waals surface area contributed by atoms with Crippen LogP contribution in [-0.2, 0) is 11.3 Å². The Morgan fingerprint density at radius 2 is 2.06 bits per heavy atom. The molecule has 0 bridgehead atoms. The van der Waals surface area contributed by atoms with Gasteiger partial charge in [0, 0.05) is 18.2 Å². The van der Waals surface area contributed by atoms with Gasteiger partial charge in [0.05, 0.1) is 0 Å². The Morgan fingerprint density at radius 1 is 1.38 bits per heavy atom. The first-order chi connectivity index (χ1) is 7.68. The van der Waals surface area contributed by atoms with Crippen LogP contribution in [0.25, 0.3) is 0 Å². The largest absolute Gasteiger partial charge is 0.444 e. The summed E-state index contributed by atoms with van der Waals surface area (Å²) in [5.41, 5.74) is 0.972. The first kappa shape index (κ1) is 12.9. The summed E-state index contributed by atoms with van der Waals surface area (Å²) in [7, 11) is 0. The highest BCUT2D eigenvalue weighted by atomic mass is 32.2. The number of rotatable bonds is 5. The maximum absolute atomic E-state index is 11.2. The number of hydrogen-bond donors (Lipinski definition) is 2. The molecule has 0 heterocycles. The van der Waals surface area contributed by atoms with Gasteiger partial charge in [-0.05, 0) is 19.4 Å². The molecule has 4 nitrogen and oxygen atoms in total. The predicted octanol–water partition coefficient (Wildman–Crippen LogP) is 2.47. The first-order valence-corrected chi connectivity index (χ1v) is 5.88. The molecule has 1 aromatic carbocycles. The fourth-order valence-corrected chi connectivity index (χ4v) is 1.38. The van der Waals surface area contributed by atoms with Gasteiger partial charge in [-0.15, -0.1) is 0 Å². The van der Waals surface area contributed by atoms with Gasteiger partial charge in [0.25, 0.3) is 0 Å². The monoisotopic (exact) mass is 240 g/mol. The Balaban J connectivity index is 2.16. The van der Waals surface area contributed by atoms with Crippen molar-refractivity contribution in [3.8, 4) is 0 Å². The molecule has 0 saturated heterocycles. The van der Waals surface area contributed by atoms with Crippen molar-refractivity contribution in [3.63, 3.8) is 0 Å². The Hall–Kier alpha value is -1.20. The van der Waals surface area contributed by atoms with Gasteiger partial charge in [0.15, 0.2) is 0 Å². The molecule has 0 aliphatic heterocycles. The lowest BCUT2D eigenvalue weighted by atomic mass is 10.2. The summed E-state index contributed by atoms with van der Waals surface area (Å²) in [6.45, 7) is 4.27. The van der Waals surface area contributed by atoms with Crippen molar-refractivity contribution in [2.75, 3.05) is 0 Å². The van der Waals surface area contributed by atoms with E-state index in [0.717, 1.165) is 17.7 Å². The molecule has 1 rings (SSSR count). The molecule has 1 amide bonds. The zero-order valence-corrected chi connectivity index (χ0v) is 10.2. The summed E-state index contributed by atoms with van der Waals surface area (Å²) >= 11 is 1.13. The van der Waals surface area contributed by atoms with E-state index >= 15 is 0 Å². The number of amides is 1. The van der Waals surface area contributed by atoms with E-state index in [9.17, 15) is 4.79 Å². The predicted molar refractivity (Wildman–Crippen MR) is 65.6 cm³/mol. The van der Waals surface area contributed by atoms with E-state index < -0.39 is 6.09 Å². The van der Waals surface area contributed by atoms with E-state index in [2.05, 4.69) is 9.44 Å². The second kappa shape index (κ2) is 7.14.